The molecule has 0 saturated carbocycles. The molecule has 3 saturated heterocycles. The number of alkyl halides is 2. The topological polar surface area (TPSA) is 75.2 Å². The second-order valence-corrected chi connectivity index (χ2v) is 7.87. The minimum absolute atomic E-state index is 0.0416. The predicted molar refractivity (Wildman–Crippen MR) is 111 cm³/mol. The molecule has 2 N–H and O–H groups in total. The van der Waals surface area contributed by atoms with E-state index in [1.165, 1.54) is 18.5 Å². The Morgan fingerprint density at radius 2 is 2.06 bits per heavy atom. The van der Waals surface area contributed by atoms with Crippen LogP contribution in [0.3, 0.4) is 0 Å². The van der Waals surface area contributed by atoms with Gasteiger partial charge in [-0.1, -0.05) is 11.6 Å². The second kappa shape index (κ2) is 8.01. The number of piperazine rings is 1. The van der Waals surface area contributed by atoms with Crippen molar-refractivity contribution in [3.05, 3.63) is 41.4 Å². The third-order valence-corrected chi connectivity index (χ3v) is 5.98. The molecule has 3 fully saturated rings. The van der Waals surface area contributed by atoms with E-state index in [4.69, 9.17) is 16.6 Å². The molecular formula is C20H18ClF3N6O. The average Bonchev–Trinajstić information content (AvgIpc) is 2.79. The molecule has 1 aromatic carbocycles. The fraction of sp³-hybridized carbons (Fsp3) is 0.350. The Labute approximate surface area is 180 Å². The second-order valence-electron chi connectivity index (χ2n) is 7.49. The lowest BCUT2D eigenvalue weighted by atomic mass is 9.93. The van der Waals surface area contributed by atoms with Crippen molar-refractivity contribution in [2.75, 3.05) is 23.3 Å². The summed E-state index contributed by atoms with van der Waals surface area (Å²) in [5.41, 5.74) is 1.02. The summed E-state index contributed by atoms with van der Waals surface area (Å²) in [6.07, 6.45) is 3.59. The maximum Gasteiger partial charge on any atom is 0.387 e. The van der Waals surface area contributed by atoms with Gasteiger partial charge in [-0.2, -0.15) is 8.78 Å². The lowest BCUT2D eigenvalue weighted by Crippen LogP contribution is -2.61. The number of rotatable bonds is 5. The van der Waals surface area contributed by atoms with Gasteiger partial charge >= 0.3 is 6.61 Å². The van der Waals surface area contributed by atoms with E-state index in [9.17, 15) is 13.2 Å². The first-order chi connectivity index (χ1) is 15.0. The molecule has 2 atom stereocenters. The van der Waals surface area contributed by atoms with Crippen LogP contribution in [0, 0.1) is 5.82 Å². The van der Waals surface area contributed by atoms with Gasteiger partial charge < -0.3 is 20.3 Å². The van der Waals surface area contributed by atoms with Crippen molar-refractivity contribution in [1.29, 1.82) is 0 Å². The van der Waals surface area contributed by atoms with Gasteiger partial charge in [0, 0.05) is 25.2 Å². The van der Waals surface area contributed by atoms with Crippen molar-refractivity contribution in [2.45, 2.75) is 31.5 Å². The van der Waals surface area contributed by atoms with Gasteiger partial charge in [0.05, 0.1) is 11.2 Å². The lowest BCUT2D eigenvalue weighted by Gasteiger charge is -2.46. The number of anilines is 3. The fourth-order valence-corrected chi connectivity index (χ4v) is 4.32. The van der Waals surface area contributed by atoms with Crippen molar-refractivity contribution >= 4 is 40.0 Å². The van der Waals surface area contributed by atoms with E-state index in [0.29, 0.717) is 23.1 Å². The zero-order valence-corrected chi connectivity index (χ0v) is 16.9. The maximum atomic E-state index is 14.7. The Bertz CT molecular complexity index is 1130. The summed E-state index contributed by atoms with van der Waals surface area (Å²) in [6.45, 7) is -1.32. The first kappa shape index (κ1) is 20.1. The molecule has 31 heavy (non-hydrogen) atoms. The number of fused-ring (bicyclic) bond motifs is 4. The molecule has 0 spiro atoms. The Morgan fingerprint density at radius 1 is 1.19 bits per heavy atom. The molecule has 0 radical (unpaired) electrons. The highest BCUT2D eigenvalue weighted by molar-refractivity contribution is 6.32. The Kier molecular flexibility index (Phi) is 5.19. The van der Waals surface area contributed by atoms with Gasteiger partial charge in [0.15, 0.2) is 11.6 Å². The molecule has 3 aromatic rings. The van der Waals surface area contributed by atoms with Gasteiger partial charge in [0.25, 0.3) is 0 Å². The van der Waals surface area contributed by atoms with Crippen molar-refractivity contribution in [3.63, 3.8) is 0 Å². The summed E-state index contributed by atoms with van der Waals surface area (Å²) < 4.78 is 43.8. The molecule has 2 aromatic heterocycles. The van der Waals surface area contributed by atoms with Crippen LogP contribution in [0.15, 0.2) is 30.6 Å². The third kappa shape index (κ3) is 3.81. The van der Waals surface area contributed by atoms with E-state index in [-0.39, 0.29) is 11.5 Å². The van der Waals surface area contributed by atoms with Crippen LogP contribution in [0.2, 0.25) is 5.02 Å². The smallest absolute Gasteiger partial charge is 0.387 e. The van der Waals surface area contributed by atoms with E-state index in [1.54, 1.807) is 0 Å². The molecule has 11 heteroatoms. The molecule has 5 heterocycles. The number of hydrogen-bond donors (Lipinski definition) is 2. The van der Waals surface area contributed by atoms with Crippen LogP contribution in [0.25, 0.3) is 11.0 Å². The largest absolute Gasteiger partial charge is 0.433 e. The summed E-state index contributed by atoms with van der Waals surface area (Å²) in [4.78, 5) is 15.5. The zero-order chi connectivity index (χ0) is 21.5. The molecule has 1 unspecified atom stereocenters. The first-order valence-electron chi connectivity index (χ1n) is 9.81. The van der Waals surface area contributed by atoms with E-state index in [1.807, 2.05) is 12.1 Å². The Morgan fingerprint density at radius 3 is 2.77 bits per heavy atom. The molecular weight excluding hydrogens is 433 g/mol. The lowest BCUT2D eigenvalue weighted by molar-refractivity contribution is -0.0499. The highest BCUT2D eigenvalue weighted by Gasteiger charge is 2.34. The minimum atomic E-state index is -3.11. The summed E-state index contributed by atoms with van der Waals surface area (Å²) >= 11 is 5.86. The van der Waals surface area contributed by atoms with Gasteiger partial charge in [-0.25, -0.2) is 19.3 Å². The van der Waals surface area contributed by atoms with Crippen LogP contribution in [0.1, 0.15) is 12.8 Å². The monoisotopic (exact) mass is 450 g/mol. The number of nitrogens with one attached hydrogen (secondary N) is 2. The highest BCUT2D eigenvalue weighted by atomic mass is 35.5. The van der Waals surface area contributed by atoms with Gasteiger partial charge in [-0.15, -0.1) is 0 Å². The number of hydrogen-bond acceptors (Lipinski definition) is 7. The average molecular weight is 451 g/mol. The molecule has 3 aliphatic rings. The van der Waals surface area contributed by atoms with Crippen LogP contribution in [0.4, 0.5) is 30.5 Å². The van der Waals surface area contributed by atoms with Gasteiger partial charge in [-0.05, 0) is 37.1 Å². The fourth-order valence-electron chi connectivity index (χ4n) is 4.11. The van der Waals surface area contributed by atoms with E-state index in [0.717, 1.165) is 31.7 Å². The number of piperidine rings is 2. The maximum absolute atomic E-state index is 14.7. The zero-order valence-electron chi connectivity index (χ0n) is 16.2. The molecule has 0 aliphatic carbocycles. The summed E-state index contributed by atoms with van der Waals surface area (Å²) in [6, 6.07) is 7.01. The number of halogens is 4. The number of aromatic nitrogens is 3. The molecule has 2 bridgehead atoms. The number of benzene rings is 1. The number of ether oxygens (including phenoxy) is 1. The Balaban J connectivity index is 1.48. The van der Waals surface area contributed by atoms with Crippen molar-refractivity contribution < 1.29 is 17.9 Å². The number of nitrogens with zero attached hydrogens (tertiary/aromatic N) is 4. The summed E-state index contributed by atoms with van der Waals surface area (Å²) in [5.74, 6) is -0.283. The Hall–Kier alpha value is -2.85. The van der Waals surface area contributed by atoms with E-state index < -0.39 is 23.2 Å². The highest BCUT2D eigenvalue weighted by Crippen LogP contribution is 2.35. The summed E-state index contributed by atoms with van der Waals surface area (Å²) in [5, 5.41) is 5.82. The molecule has 162 valence electrons. The van der Waals surface area contributed by atoms with Gasteiger partial charge in [0.1, 0.15) is 28.4 Å². The SMILES string of the molecule is Fc1c(Nc2ncnc3ccc(N4C[C@@H]5CCC4CN5)nc23)ccc(OC(F)F)c1Cl. The third-order valence-electron chi connectivity index (χ3n) is 5.63. The van der Waals surface area contributed by atoms with Crippen LogP contribution in [0.5, 0.6) is 5.75 Å². The quantitative estimate of drug-likeness (QED) is 0.606. The predicted octanol–water partition coefficient (Wildman–Crippen LogP) is 4.10. The van der Waals surface area contributed by atoms with Crippen molar-refractivity contribution in [2.24, 2.45) is 0 Å². The molecule has 7 nitrogen and oxygen atoms in total. The molecule has 3 aliphatic heterocycles. The first-order valence-corrected chi connectivity index (χ1v) is 10.2. The van der Waals surface area contributed by atoms with Crippen LogP contribution in [-0.2, 0) is 0 Å². The normalized spacial score (nSPS) is 20.5. The van der Waals surface area contributed by atoms with Gasteiger partial charge in [-0.3, -0.25) is 0 Å². The van der Waals surface area contributed by atoms with Crippen LogP contribution < -0.4 is 20.3 Å². The van der Waals surface area contributed by atoms with Crippen molar-refractivity contribution in [3.8, 4) is 5.75 Å². The molecule has 6 rings (SSSR count). The van der Waals surface area contributed by atoms with Crippen LogP contribution >= 0.6 is 11.6 Å². The van der Waals surface area contributed by atoms with Crippen molar-refractivity contribution in [1.82, 2.24) is 20.3 Å². The van der Waals surface area contributed by atoms with E-state index >= 15 is 0 Å². The van der Waals surface area contributed by atoms with Crippen LogP contribution in [-0.4, -0.2) is 46.7 Å². The minimum Gasteiger partial charge on any atom is -0.433 e. The number of pyridine rings is 1. The van der Waals surface area contributed by atoms with Gasteiger partial charge in [0.2, 0.25) is 0 Å². The molecule has 0 amide bonds. The van der Waals surface area contributed by atoms with E-state index in [2.05, 4.69) is 30.2 Å². The summed E-state index contributed by atoms with van der Waals surface area (Å²) in [7, 11) is 0. The standard InChI is InChI=1S/C20H18ClF3N6O/c21-16-14(31-20(23)24)5-3-12(17(16)22)28-19-18-13(26-9-27-19)4-6-15(29-18)30-8-10-1-2-11(30)7-25-10/h3-6,9-11,20,25H,1-2,7-8H2,(H,26,27,28)/t10-,11?/m0/s1.